The van der Waals surface area contributed by atoms with Gasteiger partial charge in [0.25, 0.3) is 0 Å². The fourth-order valence-electron chi connectivity index (χ4n) is 1.93. The Labute approximate surface area is 155 Å². The standard InChI is InChI=1S/C18H12ClNO5S/c1-26(23,24)15-5-6-16(19)13(9-15)3-4-14-8-12(10-20)2-7-17(14)25-11-18(21)22/h2,5-9H,11H2,1H3,(H,21,22). The normalized spacial score (nSPS) is 10.3. The molecule has 0 saturated carbocycles. The Balaban J connectivity index is 2.49. The third kappa shape index (κ3) is 5.00. The van der Waals surface area contributed by atoms with Crippen molar-refractivity contribution in [1.82, 2.24) is 0 Å². The number of hydrogen-bond acceptors (Lipinski definition) is 5. The number of rotatable bonds is 4. The van der Waals surface area contributed by atoms with E-state index in [-0.39, 0.29) is 26.8 Å². The number of hydrogen-bond donors (Lipinski definition) is 1. The van der Waals surface area contributed by atoms with Crippen LogP contribution in [-0.4, -0.2) is 32.4 Å². The second-order valence-electron chi connectivity index (χ2n) is 5.17. The van der Waals surface area contributed by atoms with Gasteiger partial charge in [-0.15, -0.1) is 0 Å². The van der Waals surface area contributed by atoms with E-state index in [1.165, 1.54) is 36.4 Å². The minimum atomic E-state index is -3.42. The van der Waals surface area contributed by atoms with Crippen molar-refractivity contribution < 1.29 is 23.1 Å². The molecule has 0 amide bonds. The van der Waals surface area contributed by atoms with Crippen LogP contribution in [0, 0.1) is 23.2 Å². The van der Waals surface area contributed by atoms with Crippen LogP contribution in [0.3, 0.4) is 0 Å². The Morgan fingerprint density at radius 3 is 2.50 bits per heavy atom. The van der Waals surface area contributed by atoms with Crippen molar-refractivity contribution in [2.75, 3.05) is 12.9 Å². The van der Waals surface area contributed by atoms with Crippen LogP contribution >= 0.6 is 11.6 Å². The zero-order valence-electron chi connectivity index (χ0n) is 13.5. The summed E-state index contributed by atoms with van der Waals surface area (Å²) >= 11 is 6.05. The van der Waals surface area contributed by atoms with Crippen molar-refractivity contribution in [2.45, 2.75) is 4.90 Å². The number of halogens is 1. The highest BCUT2D eigenvalue weighted by molar-refractivity contribution is 7.90. The van der Waals surface area contributed by atoms with Gasteiger partial charge in [-0.1, -0.05) is 23.4 Å². The summed E-state index contributed by atoms with van der Waals surface area (Å²) in [6, 6.07) is 10.5. The van der Waals surface area contributed by atoms with Crippen LogP contribution < -0.4 is 4.74 Å². The van der Waals surface area contributed by atoms with E-state index in [1.807, 2.05) is 6.07 Å². The van der Waals surface area contributed by atoms with Gasteiger partial charge in [0.15, 0.2) is 16.4 Å². The number of carboxylic acids is 1. The minimum absolute atomic E-state index is 0.0688. The Morgan fingerprint density at radius 2 is 1.88 bits per heavy atom. The first-order chi connectivity index (χ1) is 12.2. The molecule has 0 aromatic heterocycles. The molecule has 6 nitrogen and oxygen atoms in total. The monoisotopic (exact) mass is 389 g/mol. The number of nitrogens with zero attached hydrogens (tertiary/aromatic N) is 1. The summed E-state index contributed by atoms with van der Waals surface area (Å²) in [6.07, 6.45) is 1.07. The van der Waals surface area contributed by atoms with Crippen LogP contribution in [0.2, 0.25) is 5.02 Å². The van der Waals surface area contributed by atoms with Crippen molar-refractivity contribution in [3.8, 4) is 23.7 Å². The van der Waals surface area contributed by atoms with Crippen LogP contribution in [0.4, 0.5) is 0 Å². The molecular formula is C18H12ClNO5S. The number of carbonyl (C=O) groups is 1. The molecule has 2 aromatic rings. The summed E-state index contributed by atoms with van der Waals surface area (Å²) in [5.41, 5.74) is 0.875. The number of aliphatic carboxylic acids is 1. The first-order valence-electron chi connectivity index (χ1n) is 7.11. The molecule has 0 aliphatic rings. The second kappa shape index (κ2) is 7.92. The van der Waals surface area contributed by atoms with Gasteiger partial charge in [-0.25, -0.2) is 13.2 Å². The van der Waals surface area contributed by atoms with Crippen LogP contribution in [0.5, 0.6) is 5.75 Å². The van der Waals surface area contributed by atoms with E-state index in [2.05, 4.69) is 11.8 Å². The fraction of sp³-hybridized carbons (Fsp3) is 0.111. The number of carboxylic acid groups (broad SMARTS) is 1. The van der Waals surface area contributed by atoms with Crippen molar-refractivity contribution in [3.63, 3.8) is 0 Å². The summed E-state index contributed by atoms with van der Waals surface area (Å²) in [6.45, 7) is -0.565. The molecule has 0 aliphatic heterocycles. The molecular weight excluding hydrogens is 378 g/mol. The average molecular weight is 390 g/mol. The van der Waals surface area contributed by atoms with Gasteiger partial charge in [0, 0.05) is 11.8 Å². The zero-order valence-corrected chi connectivity index (χ0v) is 15.1. The van der Waals surface area contributed by atoms with E-state index < -0.39 is 22.4 Å². The minimum Gasteiger partial charge on any atom is -0.481 e. The van der Waals surface area contributed by atoms with Crippen LogP contribution in [0.15, 0.2) is 41.3 Å². The Hall–Kier alpha value is -3.00. The SMILES string of the molecule is CS(=O)(=O)c1ccc(Cl)c(C#Cc2cc(C#N)ccc2OCC(=O)O)c1. The lowest BCUT2D eigenvalue weighted by molar-refractivity contribution is -0.139. The van der Waals surface area contributed by atoms with Gasteiger partial charge in [-0.3, -0.25) is 0 Å². The summed E-state index contributed by atoms with van der Waals surface area (Å²) in [5, 5.41) is 18.0. The maximum absolute atomic E-state index is 11.7. The van der Waals surface area contributed by atoms with Crippen molar-refractivity contribution in [2.24, 2.45) is 0 Å². The molecule has 0 saturated heterocycles. The molecule has 8 heteroatoms. The largest absolute Gasteiger partial charge is 0.481 e. The van der Waals surface area contributed by atoms with E-state index in [1.54, 1.807) is 0 Å². The summed E-state index contributed by atoms with van der Waals surface area (Å²) in [7, 11) is -3.42. The lowest BCUT2D eigenvalue weighted by Gasteiger charge is -2.06. The molecule has 26 heavy (non-hydrogen) atoms. The first kappa shape index (κ1) is 19.3. The topological polar surface area (TPSA) is 104 Å². The fourth-order valence-corrected chi connectivity index (χ4v) is 2.74. The lowest BCUT2D eigenvalue weighted by atomic mass is 10.1. The Kier molecular flexibility index (Phi) is 5.89. The Morgan fingerprint density at radius 1 is 1.19 bits per heavy atom. The predicted molar refractivity (Wildman–Crippen MR) is 94.8 cm³/mol. The Bertz CT molecular complexity index is 1070. The van der Waals surface area contributed by atoms with E-state index in [0.717, 1.165) is 6.26 Å². The van der Waals surface area contributed by atoms with Gasteiger partial charge >= 0.3 is 5.97 Å². The molecule has 0 radical (unpaired) electrons. The van der Waals surface area contributed by atoms with Crippen LogP contribution in [0.25, 0.3) is 0 Å². The summed E-state index contributed by atoms with van der Waals surface area (Å²) < 4.78 is 28.5. The summed E-state index contributed by atoms with van der Waals surface area (Å²) in [4.78, 5) is 10.7. The molecule has 0 unspecified atom stereocenters. The van der Waals surface area contributed by atoms with Crippen LogP contribution in [-0.2, 0) is 14.6 Å². The molecule has 132 valence electrons. The summed E-state index contributed by atoms with van der Waals surface area (Å²) in [5.74, 6) is 4.52. The molecule has 0 heterocycles. The predicted octanol–water partition coefficient (Wildman–Crippen LogP) is 2.48. The highest BCUT2D eigenvalue weighted by atomic mass is 35.5. The van der Waals surface area contributed by atoms with Crippen molar-refractivity contribution in [3.05, 3.63) is 58.1 Å². The molecule has 0 atom stereocenters. The number of nitriles is 1. The van der Waals surface area contributed by atoms with Crippen molar-refractivity contribution in [1.29, 1.82) is 5.26 Å². The number of sulfone groups is 1. The first-order valence-corrected chi connectivity index (χ1v) is 9.38. The molecule has 0 aliphatic carbocycles. The van der Waals surface area contributed by atoms with E-state index >= 15 is 0 Å². The van der Waals surface area contributed by atoms with E-state index in [4.69, 9.17) is 26.7 Å². The van der Waals surface area contributed by atoms with Gasteiger partial charge in [0.05, 0.1) is 27.1 Å². The molecule has 2 aromatic carbocycles. The van der Waals surface area contributed by atoms with Crippen molar-refractivity contribution >= 4 is 27.4 Å². The van der Waals surface area contributed by atoms with E-state index in [9.17, 15) is 13.2 Å². The lowest BCUT2D eigenvalue weighted by Crippen LogP contribution is -2.10. The van der Waals surface area contributed by atoms with Gasteiger partial charge < -0.3 is 9.84 Å². The third-order valence-corrected chi connectivity index (χ3v) is 4.60. The number of benzene rings is 2. The molecule has 0 bridgehead atoms. The van der Waals surface area contributed by atoms with Crippen LogP contribution in [0.1, 0.15) is 16.7 Å². The van der Waals surface area contributed by atoms with E-state index in [0.29, 0.717) is 5.56 Å². The highest BCUT2D eigenvalue weighted by Crippen LogP contribution is 2.22. The molecule has 0 fully saturated rings. The maximum Gasteiger partial charge on any atom is 0.341 e. The average Bonchev–Trinajstić information content (AvgIpc) is 2.58. The molecule has 1 N–H and O–H groups in total. The van der Waals surface area contributed by atoms with Gasteiger partial charge in [0.2, 0.25) is 0 Å². The van der Waals surface area contributed by atoms with Gasteiger partial charge in [0.1, 0.15) is 5.75 Å². The highest BCUT2D eigenvalue weighted by Gasteiger charge is 2.10. The van der Waals surface area contributed by atoms with Gasteiger partial charge in [-0.2, -0.15) is 5.26 Å². The molecule has 2 rings (SSSR count). The number of ether oxygens (including phenoxy) is 1. The quantitative estimate of drug-likeness (QED) is 0.805. The van der Waals surface area contributed by atoms with Gasteiger partial charge in [-0.05, 0) is 36.4 Å². The molecule has 0 spiro atoms. The third-order valence-electron chi connectivity index (χ3n) is 3.16. The maximum atomic E-state index is 11.7. The second-order valence-corrected chi connectivity index (χ2v) is 7.59. The zero-order chi connectivity index (χ0) is 19.3. The smallest absolute Gasteiger partial charge is 0.341 e.